The lowest BCUT2D eigenvalue weighted by atomic mass is 10.2. The van der Waals surface area contributed by atoms with E-state index < -0.39 is 30.0 Å². The number of benzene rings is 1. The summed E-state index contributed by atoms with van der Waals surface area (Å²) in [5.41, 5.74) is 4.19. The minimum absolute atomic E-state index is 0.0902. The van der Waals surface area contributed by atoms with E-state index in [-0.39, 0.29) is 10.6 Å². The van der Waals surface area contributed by atoms with Gasteiger partial charge in [-0.3, -0.25) is 0 Å². The standard InChI is InChI=1S/C9H7F5N2S/c10-5-1-4(8(15)17)2-6(11)7(5)16-3-9(12,13)14/h1-2,16H,3H2,(H2,15,17). The third-order valence-corrected chi connectivity index (χ3v) is 2.03. The van der Waals surface area contributed by atoms with Crippen molar-refractivity contribution in [2.24, 2.45) is 5.73 Å². The van der Waals surface area contributed by atoms with E-state index in [1.165, 1.54) is 0 Å². The average molecular weight is 270 g/mol. The Kier molecular flexibility index (Phi) is 3.87. The second-order valence-corrected chi connectivity index (χ2v) is 3.59. The average Bonchev–Trinajstić information content (AvgIpc) is 2.14. The van der Waals surface area contributed by atoms with Gasteiger partial charge in [-0.15, -0.1) is 0 Å². The van der Waals surface area contributed by atoms with Gasteiger partial charge in [-0.2, -0.15) is 13.2 Å². The number of halogens is 5. The highest BCUT2D eigenvalue weighted by molar-refractivity contribution is 7.80. The quantitative estimate of drug-likeness (QED) is 0.655. The van der Waals surface area contributed by atoms with Crippen molar-refractivity contribution < 1.29 is 22.0 Å². The lowest BCUT2D eigenvalue weighted by Gasteiger charge is -2.12. The van der Waals surface area contributed by atoms with Crippen molar-refractivity contribution in [2.45, 2.75) is 6.18 Å². The van der Waals surface area contributed by atoms with E-state index in [4.69, 9.17) is 5.73 Å². The number of thiocarbonyl (C=S) groups is 1. The maximum absolute atomic E-state index is 13.3. The van der Waals surface area contributed by atoms with E-state index in [1.807, 2.05) is 0 Å². The molecule has 1 rings (SSSR count). The Bertz CT molecular complexity index is 420. The van der Waals surface area contributed by atoms with Gasteiger partial charge in [0, 0.05) is 5.56 Å². The van der Waals surface area contributed by atoms with E-state index >= 15 is 0 Å². The highest BCUT2D eigenvalue weighted by atomic mass is 32.1. The molecule has 0 unspecified atom stereocenters. The molecule has 0 fully saturated rings. The zero-order valence-electron chi connectivity index (χ0n) is 8.24. The van der Waals surface area contributed by atoms with Crippen molar-refractivity contribution >= 4 is 22.9 Å². The van der Waals surface area contributed by atoms with Gasteiger partial charge in [-0.05, 0) is 12.1 Å². The van der Waals surface area contributed by atoms with Crippen LogP contribution in [0.5, 0.6) is 0 Å². The van der Waals surface area contributed by atoms with Crippen LogP contribution in [0.1, 0.15) is 5.56 Å². The van der Waals surface area contributed by atoms with Crippen LogP contribution in [-0.4, -0.2) is 17.7 Å². The lowest BCUT2D eigenvalue weighted by Crippen LogP contribution is -2.22. The SMILES string of the molecule is NC(=S)c1cc(F)c(NCC(F)(F)F)c(F)c1. The van der Waals surface area contributed by atoms with Gasteiger partial charge < -0.3 is 11.1 Å². The number of anilines is 1. The zero-order chi connectivity index (χ0) is 13.2. The number of alkyl halides is 3. The molecule has 2 nitrogen and oxygen atoms in total. The van der Waals surface area contributed by atoms with Gasteiger partial charge in [0.2, 0.25) is 0 Å². The molecule has 0 spiro atoms. The number of hydrogen-bond acceptors (Lipinski definition) is 2. The van der Waals surface area contributed by atoms with E-state index in [2.05, 4.69) is 12.2 Å². The molecule has 1 aromatic carbocycles. The molecule has 0 bridgehead atoms. The molecule has 94 valence electrons. The monoisotopic (exact) mass is 270 g/mol. The summed E-state index contributed by atoms with van der Waals surface area (Å²) >= 11 is 4.49. The van der Waals surface area contributed by atoms with Gasteiger partial charge in [0.1, 0.15) is 28.9 Å². The molecule has 17 heavy (non-hydrogen) atoms. The maximum atomic E-state index is 13.3. The van der Waals surface area contributed by atoms with Crippen LogP contribution in [0, 0.1) is 11.6 Å². The number of nitrogens with one attached hydrogen (secondary N) is 1. The van der Waals surface area contributed by atoms with Crippen LogP contribution in [0.15, 0.2) is 12.1 Å². The molecule has 0 heterocycles. The molecule has 0 aliphatic rings. The van der Waals surface area contributed by atoms with Gasteiger partial charge in [0.25, 0.3) is 0 Å². The summed E-state index contributed by atoms with van der Waals surface area (Å²) in [5, 5.41) is 1.63. The molecule has 0 saturated heterocycles. The predicted octanol–water partition coefficient (Wildman–Crippen LogP) is 2.57. The molecular weight excluding hydrogens is 263 g/mol. The minimum Gasteiger partial charge on any atom is -0.389 e. The summed E-state index contributed by atoms with van der Waals surface area (Å²) in [7, 11) is 0. The molecule has 0 aromatic heterocycles. The Morgan fingerprint density at radius 3 is 2.06 bits per heavy atom. The summed E-state index contributed by atoms with van der Waals surface area (Å²) in [6, 6.07) is 1.54. The molecule has 0 amide bonds. The van der Waals surface area contributed by atoms with Crippen LogP contribution in [0.3, 0.4) is 0 Å². The zero-order valence-corrected chi connectivity index (χ0v) is 9.05. The second-order valence-electron chi connectivity index (χ2n) is 3.15. The van der Waals surface area contributed by atoms with Crippen molar-refractivity contribution in [2.75, 3.05) is 11.9 Å². The third kappa shape index (κ3) is 3.81. The Balaban J connectivity index is 2.98. The van der Waals surface area contributed by atoms with Gasteiger partial charge >= 0.3 is 6.18 Å². The first-order valence-corrected chi connectivity index (χ1v) is 4.71. The fourth-order valence-corrected chi connectivity index (χ4v) is 1.19. The van der Waals surface area contributed by atoms with E-state index in [1.54, 1.807) is 5.32 Å². The number of nitrogens with two attached hydrogens (primary N) is 1. The molecule has 3 N–H and O–H groups in total. The van der Waals surface area contributed by atoms with Crippen LogP contribution in [0.25, 0.3) is 0 Å². The Hall–Kier alpha value is -1.44. The number of hydrogen-bond donors (Lipinski definition) is 2. The fourth-order valence-electron chi connectivity index (χ4n) is 1.07. The molecule has 0 aliphatic carbocycles. The van der Waals surface area contributed by atoms with Gasteiger partial charge in [0.05, 0.1) is 0 Å². The van der Waals surface area contributed by atoms with Crippen LogP contribution in [0.2, 0.25) is 0 Å². The number of rotatable bonds is 3. The van der Waals surface area contributed by atoms with Gasteiger partial charge in [-0.25, -0.2) is 8.78 Å². The van der Waals surface area contributed by atoms with Gasteiger partial charge in [-0.1, -0.05) is 12.2 Å². The fraction of sp³-hybridized carbons (Fsp3) is 0.222. The van der Waals surface area contributed by atoms with Crippen molar-refractivity contribution in [3.8, 4) is 0 Å². The molecular formula is C9H7F5N2S. The van der Waals surface area contributed by atoms with E-state index in [0.717, 1.165) is 12.1 Å². The van der Waals surface area contributed by atoms with Crippen LogP contribution in [0.4, 0.5) is 27.6 Å². The molecule has 0 atom stereocenters. The molecule has 0 radical (unpaired) electrons. The van der Waals surface area contributed by atoms with Crippen molar-refractivity contribution in [3.63, 3.8) is 0 Å². The summed E-state index contributed by atoms with van der Waals surface area (Å²) < 4.78 is 62.1. The molecule has 0 aliphatic heterocycles. The summed E-state index contributed by atoms with van der Waals surface area (Å²) in [5.74, 6) is -2.37. The Morgan fingerprint density at radius 2 is 1.71 bits per heavy atom. The molecule has 0 saturated carbocycles. The first kappa shape index (κ1) is 13.6. The highest BCUT2D eigenvalue weighted by Crippen LogP contribution is 2.23. The van der Waals surface area contributed by atoms with Crippen molar-refractivity contribution in [1.82, 2.24) is 0 Å². The summed E-state index contributed by atoms with van der Waals surface area (Å²) in [4.78, 5) is -0.245. The predicted molar refractivity (Wildman–Crippen MR) is 56.8 cm³/mol. The maximum Gasteiger partial charge on any atom is 0.405 e. The van der Waals surface area contributed by atoms with Crippen LogP contribution in [-0.2, 0) is 0 Å². The van der Waals surface area contributed by atoms with Gasteiger partial charge in [0.15, 0.2) is 0 Å². The van der Waals surface area contributed by atoms with Crippen molar-refractivity contribution in [1.29, 1.82) is 0 Å². The lowest BCUT2D eigenvalue weighted by molar-refractivity contribution is -0.115. The van der Waals surface area contributed by atoms with Crippen LogP contribution >= 0.6 is 12.2 Å². The first-order valence-electron chi connectivity index (χ1n) is 4.30. The Morgan fingerprint density at radius 1 is 1.24 bits per heavy atom. The minimum atomic E-state index is -4.57. The van der Waals surface area contributed by atoms with E-state index in [0.29, 0.717) is 0 Å². The largest absolute Gasteiger partial charge is 0.405 e. The topological polar surface area (TPSA) is 38.0 Å². The van der Waals surface area contributed by atoms with Crippen LogP contribution < -0.4 is 11.1 Å². The summed E-state index contributed by atoms with van der Waals surface area (Å²) in [6.07, 6.45) is -4.57. The Labute approximate surface area is 98.6 Å². The second kappa shape index (κ2) is 4.82. The normalized spacial score (nSPS) is 11.4. The third-order valence-electron chi connectivity index (χ3n) is 1.79. The molecule has 8 heteroatoms. The smallest absolute Gasteiger partial charge is 0.389 e. The molecule has 1 aromatic rings. The van der Waals surface area contributed by atoms with Crippen molar-refractivity contribution in [3.05, 3.63) is 29.3 Å². The highest BCUT2D eigenvalue weighted by Gasteiger charge is 2.28. The summed E-state index contributed by atoms with van der Waals surface area (Å²) in [6.45, 7) is -1.53. The van der Waals surface area contributed by atoms with E-state index in [9.17, 15) is 22.0 Å². The first-order chi connectivity index (χ1) is 7.70.